The fraction of sp³-hybridized carbons (Fsp3) is 0.0769. The fourth-order valence-electron chi connectivity index (χ4n) is 1.83. The molecule has 2 heterocycles. The van der Waals surface area contributed by atoms with E-state index in [-0.39, 0.29) is 0 Å². The van der Waals surface area contributed by atoms with Crippen molar-refractivity contribution in [2.24, 2.45) is 7.05 Å². The number of benzene rings is 1. The maximum atomic E-state index is 4.17. The van der Waals surface area contributed by atoms with Crippen LogP contribution in [0.3, 0.4) is 0 Å². The van der Waals surface area contributed by atoms with Gasteiger partial charge in [0, 0.05) is 25.0 Å². The van der Waals surface area contributed by atoms with Crippen LogP contribution in [0.2, 0.25) is 0 Å². The molecule has 1 N–H and O–H groups in total. The molecule has 3 aromatic rings. The minimum atomic E-state index is 1.03. The monoisotopic (exact) mass is 224 g/mol. The van der Waals surface area contributed by atoms with Gasteiger partial charge in [0.25, 0.3) is 0 Å². The normalized spacial score (nSPS) is 10.6. The maximum Gasteiger partial charge on any atom is 0.0650 e. The van der Waals surface area contributed by atoms with Crippen LogP contribution in [0, 0.1) is 0 Å². The highest BCUT2D eigenvalue weighted by atomic mass is 15.2. The molecule has 17 heavy (non-hydrogen) atoms. The van der Waals surface area contributed by atoms with Gasteiger partial charge in [0.05, 0.1) is 11.9 Å². The summed E-state index contributed by atoms with van der Waals surface area (Å²) >= 11 is 0. The van der Waals surface area contributed by atoms with Crippen LogP contribution in [-0.2, 0) is 7.05 Å². The third-order valence-electron chi connectivity index (χ3n) is 2.73. The summed E-state index contributed by atoms with van der Waals surface area (Å²) in [6.45, 7) is 0. The van der Waals surface area contributed by atoms with Crippen LogP contribution in [0.5, 0.6) is 0 Å². The van der Waals surface area contributed by atoms with Crippen molar-refractivity contribution in [3.05, 3.63) is 48.9 Å². The van der Waals surface area contributed by atoms with Crippen molar-refractivity contribution in [2.75, 3.05) is 0 Å². The predicted molar refractivity (Wildman–Crippen MR) is 66.2 cm³/mol. The number of aromatic nitrogens is 4. The topological polar surface area (TPSA) is 46.5 Å². The number of H-pyrrole nitrogens is 1. The predicted octanol–water partition coefficient (Wildman–Crippen LogP) is 2.48. The van der Waals surface area contributed by atoms with Crippen LogP contribution < -0.4 is 0 Å². The molecular formula is C13H12N4. The van der Waals surface area contributed by atoms with Crippen molar-refractivity contribution in [3.8, 4) is 22.4 Å². The molecule has 0 radical (unpaired) electrons. The number of hydrogen-bond donors (Lipinski definition) is 1. The molecule has 0 aliphatic heterocycles. The Morgan fingerprint density at radius 1 is 1.00 bits per heavy atom. The average molecular weight is 224 g/mol. The Hall–Kier alpha value is -2.36. The number of aryl methyl sites for hydroxylation is 1. The van der Waals surface area contributed by atoms with Crippen LogP contribution in [0.25, 0.3) is 22.4 Å². The Bertz CT molecular complexity index is 605. The van der Waals surface area contributed by atoms with Crippen LogP contribution >= 0.6 is 0 Å². The standard InChI is InChI=1S/C13H12N4/c1-17-9-12(8-15-17)10-2-4-11(5-3-10)13-6-7-14-16-13/h2-9H,1H3,(H,14,16). The van der Waals surface area contributed by atoms with Crippen molar-refractivity contribution in [1.29, 1.82) is 0 Å². The summed E-state index contributed by atoms with van der Waals surface area (Å²) in [6.07, 6.45) is 5.63. The van der Waals surface area contributed by atoms with Gasteiger partial charge in [-0.3, -0.25) is 9.78 Å². The number of aromatic amines is 1. The molecule has 0 aliphatic rings. The van der Waals surface area contributed by atoms with E-state index in [0.29, 0.717) is 0 Å². The number of hydrogen-bond acceptors (Lipinski definition) is 2. The molecule has 3 rings (SSSR count). The van der Waals surface area contributed by atoms with Crippen molar-refractivity contribution in [3.63, 3.8) is 0 Å². The lowest BCUT2D eigenvalue weighted by atomic mass is 10.1. The molecular weight excluding hydrogens is 212 g/mol. The van der Waals surface area contributed by atoms with Crippen LogP contribution in [0.1, 0.15) is 0 Å². The van der Waals surface area contributed by atoms with Crippen molar-refractivity contribution >= 4 is 0 Å². The molecule has 0 saturated carbocycles. The highest BCUT2D eigenvalue weighted by Crippen LogP contribution is 2.22. The molecule has 1 aromatic carbocycles. The second-order valence-electron chi connectivity index (χ2n) is 3.95. The second-order valence-corrected chi connectivity index (χ2v) is 3.95. The minimum absolute atomic E-state index is 1.03. The zero-order chi connectivity index (χ0) is 11.7. The maximum absolute atomic E-state index is 4.17. The third kappa shape index (κ3) is 1.85. The van der Waals surface area contributed by atoms with E-state index in [2.05, 4.69) is 39.6 Å². The van der Waals surface area contributed by atoms with Gasteiger partial charge in [0.15, 0.2) is 0 Å². The molecule has 84 valence electrons. The van der Waals surface area contributed by atoms with E-state index in [9.17, 15) is 0 Å². The first-order valence-corrected chi connectivity index (χ1v) is 5.42. The first kappa shape index (κ1) is 9.84. The van der Waals surface area contributed by atoms with E-state index >= 15 is 0 Å². The lowest BCUT2D eigenvalue weighted by Crippen LogP contribution is -1.84. The molecule has 2 aromatic heterocycles. The fourth-order valence-corrected chi connectivity index (χ4v) is 1.83. The summed E-state index contributed by atoms with van der Waals surface area (Å²) in [6, 6.07) is 10.3. The minimum Gasteiger partial charge on any atom is -0.278 e. The first-order chi connectivity index (χ1) is 8.33. The molecule has 0 bridgehead atoms. The van der Waals surface area contributed by atoms with Gasteiger partial charge in [-0.1, -0.05) is 24.3 Å². The highest BCUT2D eigenvalue weighted by molar-refractivity contribution is 5.67. The van der Waals surface area contributed by atoms with Crippen molar-refractivity contribution in [2.45, 2.75) is 0 Å². The summed E-state index contributed by atoms with van der Waals surface area (Å²) in [5.41, 5.74) is 4.46. The number of nitrogens with one attached hydrogen (secondary N) is 1. The molecule has 0 spiro atoms. The Kier molecular flexibility index (Phi) is 2.26. The van der Waals surface area contributed by atoms with Gasteiger partial charge in [-0.25, -0.2) is 0 Å². The van der Waals surface area contributed by atoms with Crippen molar-refractivity contribution in [1.82, 2.24) is 20.0 Å². The van der Waals surface area contributed by atoms with E-state index in [4.69, 9.17) is 0 Å². The Labute approximate surface area is 98.9 Å². The van der Waals surface area contributed by atoms with E-state index in [1.54, 1.807) is 10.9 Å². The van der Waals surface area contributed by atoms with Gasteiger partial charge < -0.3 is 0 Å². The van der Waals surface area contributed by atoms with Gasteiger partial charge >= 0.3 is 0 Å². The van der Waals surface area contributed by atoms with Crippen LogP contribution in [0.4, 0.5) is 0 Å². The molecule has 0 amide bonds. The summed E-state index contributed by atoms with van der Waals surface area (Å²) in [4.78, 5) is 0. The second kappa shape index (κ2) is 3.90. The lowest BCUT2D eigenvalue weighted by molar-refractivity contribution is 0.768. The van der Waals surface area contributed by atoms with Crippen LogP contribution in [0.15, 0.2) is 48.9 Å². The van der Waals surface area contributed by atoms with Gasteiger partial charge in [-0.05, 0) is 17.2 Å². The summed E-state index contributed by atoms with van der Waals surface area (Å²) in [7, 11) is 1.92. The van der Waals surface area contributed by atoms with Gasteiger partial charge in [-0.15, -0.1) is 0 Å². The summed E-state index contributed by atoms with van der Waals surface area (Å²) in [5, 5.41) is 11.1. The highest BCUT2D eigenvalue weighted by Gasteiger charge is 2.02. The zero-order valence-electron chi connectivity index (χ0n) is 9.46. The van der Waals surface area contributed by atoms with E-state index in [0.717, 1.165) is 16.8 Å². The lowest BCUT2D eigenvalue weighted by Gasteiger charge is -2.00. The van der Waals surface area contributed by atoms with E-state index in [1.807, 2.05) is 25.5 Å². The molecule has 0 saturated heterocycles. The average Bonchev–Trinajstić information content (AvgIpc) is 3.00. The first-order valence-electron chi connectivity index (χ1n) is 5.42. The zero-order valence-corrected chi connectivity index (χ0v) is 9.46. The number of nitrogens with zero attached hydrogens (tertiary/aromatic N) is 3. The Balaban J connectivity index is 1.95. The molecule has 0 fully saturated rings. The summed E-state index contributed by atoms with van der Waals surface area (Å²) in [5.74, 6) is 0. The number of rotatable bonds is 2. The van der Waals surface area contributed by atoms with Gasteiger partial charge in [0.2, 0.25) is 0 Å². The molecule has 4 heteroatoms. The van der Waals surface area contributed by atoms with Gasteiger partial charge in [-0.2, -0.15) is 10.2 Å². The molecule has 0 atom stereocenters. The van der Waals surface area contributed by atoms with E-state index in [1.165, 1.54) is 5.56 Å². The summed E-state index contributed by atoms with van der Waals surface area (Å²) < 4.78 is 1.80. The third-order valence-corrected chi connectivity index (χ3v) is 2.73. The van der Waals surface area contributed by atoms with Crippen LogP contribution in [-0.4, -0.2) is 20.0 Å². The Morgan fingerprint density at radius 2 is 1.76 bits per heavy atom. The smallest absolute Gasteiger partial charge is 0.0650 e. The molecule has 0 unspecified atom stereocenters. The Morgan fingerprint density at radius 3 is 2.35 bits per heavy atom. The van der Waals surface area contributed by atoms with Crippen molar-refractivity contribution < 1.29 is 0 Å². The van der Waals surface area contributed by atoms with Gasteiger partial charge in [0.1, 0.15) is 0 Å². The molecule has 4 nitrogen and oxygen atoms in total. The van der Waals surface area contributed by atoms with E-state index < -0.39 is 0 Å². The largest absolute Gasteiger partial charge is 0.278 e. The molecule has 0 aliphatic carbocycles. The SMILES string of the molecule is Cn1cc(-c2ccc(-c3ccn[nH]3)cc2)cn1. The quantitative estimate of drug-likeness (QED) is 0.726.